The fourth-order valence-corrected chi connectivity index (χ4v) is 1.39. The Hall–Kier alpha value is 0.687. The average Bonchev–Trinajstić information content (AvgIpc) is 1.86. The molecule has 0 atom stereocenters. The molecule has 0 saturated carbocycles. The third-order valence-corrected chi connectivity index (χ3v) is 3.99. The van der Waals surface area contributed by atoms with Crippen LogP contribution in [-0.2, 0) is 4.57 Å². The van der Waals surface area contributed by atoms with Crippen molar-refractivity contribution in [3.63, 3.8) is 0 Å². The molecule has 0 aromatic rings. The SMILES string of the molecule is CCP(=O)(CC)[C-](F)F.[Li+]. The number of rotatable bonds is 3. The first-order chi connectivity index (χ1) is 4.06. The normalized spacial score (nSPS) is 11.3. The second-order valence-electron chi connectivity index (χ2n) is 1.76. The maximum atomic E-state index is 11.7. The summed E-state index contributed by atoms with van der Waals surface area (Å²) in [6.07, 6.45) is -1.73. The van der Waals surface area contributed by atoms with Crippen LogP contribution in [-0.4, -0.2) is 12.3 Å². The molecule has 0 radical (unpaired) electrons. The summed E-state index contributed by atoms with van der Waals surface area (Å²) >= 11 is 0. The van der Waals surface area contributed by atoms with E-state index < -0.39 is 13.3 Å². The minimum atomic E-state index is -3.17. The smallest absolute Gasteiger partial charge is 0.413 e. The molecular weight excluding hydrogens is 152 g/mol. The third kappa shape index (κ3) is 3.19. The second-order valence-corrected chi connectivity index (χ2v) is 5.14. The van der Waals surface area contributed by atoms with Crippen molar-refractivity contribution < 1.29 is 32.2 Å². The Balaban J connectivity index is 0. The molecule has 5 heteroatoms. The quantitative estimate of drug-likeness (QED) is 0.318. The summed E-state index contributed by atoms with van der Waals surface area (Å²) in [4.78, 5) is 0. The summed E-state index contributed by atoms with van der Waals surface area (Å²) in [5, 5.41) is 0. The first kappa shape index (κ1) is 13.3. The van der Waals surface area contributed by atoms with Gasteiger partial charge in [0, 0.05) is 7.14 Å². The monoisotopic (exact) mass is 162 g/mol. The topological polar surface area (TPSA) is 17.1 Å². The van der Waals surface area contributed by atoms with Crippen molar-refractivity contribution in [2.24, 2.45) is 0 Å². The Labute approximate surface area is 72.1 Å². The van der Waals surface area contributed by atoms with Gasteiger partial charge in [0.1, 0.15) is 0 Å². The van der Waals surface area contributed by atoms with E-state index in [1.807, 2.05) is 0 Å². The van der Waals surface area contributed by atoms with Crippen LogP contribution in [0.2, 0.25) is 0 Å². The Bertz CT molecular complexity index is 121. The number of hydrogen-bond donors (Lipinski definition) is 0. The standard InChI is InChI=1S/C5H10F2OP.Li/c1-3-9(8,4-2)5(6)7;/h3-4H2,1-2H3;/q-1;+1. The van der Waals surface area contributed by atoms with Crippen LogP contribution in [0, 0.1) is 6.17 Å². The van der Waals surface area contributed by atoms with Crippen molar-refractivity contribution in [2.45, 2.75) is 13.8 Å². The molecule has 0 heterocycles. The molecule has 0 N–H and O–H groups in total. The van der Waals surface area contributed by atoms with Gasteiger partial charge in [0.05, 0.1) is 6.17 Å². The molecule has 0 aliphatic heterocycles. The van der Waals surface area contributed by atoms with E-state index in [1.54, 1.807) is 0 Å². The minimum Gasteiger partial charge on any atom is -0.413 e. The molecule has 0 fully saturated rings. The Kier molecular flexibility index (Phi) is 7.11. The zero-order valence-electron chi connectivity index (χ0n) is 6.53. The predicted octanol–water partition coefficient (Wildman–Crippen LogP) is -0.221. The Morgan fingerprint density at radius 2 is 1.60 bits per heavy atom. The van der Waals surface area contributed by atoms with Crippen molar-refractivity contribution in [3.8, 4) is 0 Å². The van der Waals surface area contributed by atoms with Gasteiger partial charge in [0.2, 0.25) is 0 Å². The van der Waals surface area contributed by atoms with Crippen LogP contribution in [0.25, 0.3) is 0 Å². The van der Waals surface area contributed by atoms with Crippen molar-refractivity contribution in [1.82, 2.24) is 0 Å². The molecule has 10 heavy (non-hydrogen) atoms. The van der Waals surface area contributed by atoms with E-state index in [0.717, 1.165) is 0 Å². The molecule has 0 aromatic heterocycles. The molecule has 56 valence electrons. The third-order valence-electron chi connectivity index (χ3n) is 1.33. The maximum Gasteiger partial charge on any atom is 1.00 e. The van der Waals surface area contributed by atoms with Gasteiger partial charge in [-0.25, -0.2) is 0 Å². The van der Waals surface area contributed by atoms with Gasteiger partial charge in [-0.1, -0.05) is 13.8 Å². The summed E-state index contributed by atoms with van der Waals surface area (Å²) in [6, 6.07) is 0. The van der Waals surface area contributed by atoms with E-state index in [9.17, 15) is 13.3 Å². The first-order valence-corrected chi connectivity index (χ1v) is 4.91. The minimum absolute atomic E-state index is 0. The van der Waals surface area contributed by atoms with Crippen LogP contribution >= 0.6 is 7.14 Å². The maximum absolute atomic E-state index is 11.7. The van der Waals surface area contributed by atoms with Crippen LogP contribution in [0.1, 0.15) is 13.8 Å². The fraction of sp³-hybridized carbons (Fsp3) is 0.800. The molecule has 0 aliphatic rings. The van der Waals surface area contributed by atoms with E-state index in [2.05, 4.69) is 0 Å². The molecule has 0 aromatic carbocycles. The molecule has 0 rings (SSSR count). The van der Waals surface area contributed by atoms with Gasteiger partial charge in [-0.3, -0.25) is 0 Å². The van der Waals surface area contributed by atoms with Crippen molar-refractivity contribution in [3.05, 3.63) is 6.17 Å². The summed E-state index contributed by atoms with van der Waals surface area (Å²) < 4.78 is 34.3. The van der Waals surface area contributed by atoms with Crippen molar-refractivity contribution in [1.29, 1.82) is 0 Å². The Morgan fingerprint density at radius 3 is 1.60 bits per heavy atom. The molecule has 0 bridgehead atoms. The Morgan fingerprint density at radius 1 is 1.30 bits per heavy atom. The summed E-state index contributed by atoms with van der Waals surface area (Å²) in [6.45, 7) is 3.03. The molecule has 0 aliphatic carbocycles. The van der Waals surface area contributed by atoms with Crippen molar-refractivity contribution in [2.75, 3.05) is 12.3 Å². The zero-order chi connectivity index (χ0) is 7.49. The van der Waals surface area contributed by atoms with Gasteiger partial charge in [-0.05, 0) is 12.3 Å². The summed E-state index contributed by atoms with van der Waals surface area (Å²) in [5.41, 5.74) is 0. The van der Waals surface area contributed by atoms with E-state index in [0.29, 0.717) is 0 Å². The summed E-state index contributed by atoms with van der Waals surface area (Å²) in [5.74, 6) is 0. The number of halogens is 2. The average molecular weight is 162 g/mol. The molecule has 1 nitrogen and oxygen atoms in total. The fourth-order valence-electron chi connectivity index (χ4n) is 0.463. The number of hydrogen-bond acceptors (Lipinski definition) is 1. The largest absolute Gasteiger partial charge is 1.00 e. The van der Waals surface area contributed by atoms with Crippen LogP contribution in [0.4, 0.5) is 8.78 Å². The predicted molar refractivity (Wildman–Crippen MR) is 34.1 cm³/mol. The van der Waals surface area contributed by atoms with Gasteiger partial charge in [0.15, 0.2) is 0 Å². The van der Waals surface area contributed by atoms with Crippen molar-refractivity contribution >= 4 is 7.14 Å². The van der Waals surface area contributed by atoms with Gasteiger partial charge in [-0.2, -0.15) is 0 Å². The van der Waals surface area contributed by atoms with Gasteiger partial charge in [-0.15, -0.1) is 0 Å². The van der Waals surface area contributed by atoms with E-state index in [-0.39, 0.29) is 31.2 Å². The molecule has 0 unspecified atom stereocenters. The first-order valence-electron chi connectivity index (χ1n) is 2.83. The molecule has 0 spiro atoms. The molecule has 0 saturated heterocycles. The van der Waals surface area contributed by atoms with Gasteiger partial charge < -0.3 is 13.3 Å². The molecule has 0 amide bonds. The molecular formula is C5H10F2LiOP. The summed E-state index contributed by atoms with van der Waals surface area (Å²) in [7, 11) is -3.17. The van der Waals surface area contributed by atoms with Crippen LogP contribution in [0.3, 0.4) is 0 Å². The van der Waals surface area contributed by atoms with Gasteiger partial charge in [0.25, 0.3) is 0 Å². The van der Waals surface area contributed by atoms with E-state index >= 15 is 0 Å². The van der Waals surface area contributed by atoms with Crippen LogP contribution < -0.4 is 18.9 Å². The van der Waals surface area contributed by atoms with E-state index in [1.165, 1.54) is 13.8 Å². The van der Waals surface area contributed by atoms with Gasteiger partial charge >= 0.3 is 18.9 Å². The van der Waals surface area contributed by atoms with E-state index in [4.69, 9.17) is 0 Å². The second kappa shape index (κ2) is 5.35. The van der Waals surface area contributed by atoms with Crippen LogP contribution in [0.15, 0.2) is 0 Å². The zero-order valence-corrected chi connectivity index (χ0v) is 7.42. The van der Waals surface area contributed by atoms with Crippen LogP contribution in [0.5, 0.6) is 0 Å².